The van der Waals surface area contributed by atoms with Crippen molar-refractivity contribution in [3.05, 3.63) is 24.3 Å². The maximum Gasteiger partial charge on any atom is 0.306 e. The molecule has 11 heteroatoms. The van der Waals surface area contributed by atoms with Crippen LogP contribution in [0.4, 0.5) is 0 Å². The van der Waals surface area contributed by atoms with Crippen molar-refractivity contribution < 1.29 is 49.3 Å². The van der Waals surface area contributed by atoms with E-state index in [4.69, 9.17) is 14.2 Å². The third-order valence-corrected chi connectivity index (χ3v) is 14.9. The van der Waals surface area contributed by atoms with Gasteiger partial charge in [0.15, 0.2) is 12.4 Å². The second kappa shape index (κ2) is 50.9. The SMILES string of the molecule is CCCCCCCC/C=C/CCCCCCCCCCCCCCCC(=O)OC1C(OCC(NC(=O)C(O)CCCCCCCCCCCC)C(O)/C=C/CCCCCCCCCCC)OC(CO)C(O)C1O. The quantitative estimate of drug-likeness (QED) is 0.0195. The summed E-state index contributed by atoms with van der Waals surface area (Å²) in [7, 11) is 0. The number of hydrogen-bond donors (Lipinski definition) is 6. The van der Waals surface area contributed by atoms with Gasteiger partial charge in [-0.3, -0.25) is 9.59 Å². The molecule has 0 aliphatic carbocycles. The Hall–Kier alpha value is -1.86. The molecule has 1 aliphatic rings. The Bertz CT molecular complexity index is 1280. The normalized spacial score (nSPS) is 19.5. The zero-order valence-electron chi connectivity index (χ0n) is 47.5. The van der Waals surface area contributed by atoms with Crippen LogP contribution in [-0.4, -0.2) is 99.6 Å². The van der Waals surface area contributed by atoms with Crippen molar-refractivity contribution in [3.63, 3.8) is 0 Å². The minimum absolute atomic E-state index is 0.128. The van der Waals surface area contributed by atoms with Crippen LogP contribution in [0.1, 0.15) is 297 Å². The average Bonchev–Trinajstić information content (AvgIpc) is 3.39. The number of amides is 1. The van der Waals surface area contributed by atoms with Gasteiger partial charge in [-0.05, 0) is 51.4 Å². The smallest absolute Gasteiger partial charge is 0.306 e. The summed E-state index contributed by atoms with van der Waals surface area (Å²) in [5, 5.41) is 56.8. The van der Waals surface area contributed by atoms with Crippen LogP contribution in [0.3, 0.4) is 0 Å². The number of rotatable bonds is 53. The largest absolute Gasteiger partial charge is 0.454 e. The lowest BCUT2D eigenvalue weighted by Crippen LogP contribution is -2.61. The van der Waals surface area contributed by atoms with Gasteiger partial charge < -0.3 is 45.1 Å². The summed E-state index contributed by atoms with van der Waals surface area (Å²) >= 11 is 0. The van der Waals surface area contributed by atoms with Gasteiger partial charge in [-0.2, -0.15) is 0 Å². The second-order valence-electron chi connectivity index (χ2n) is 21.8. The second-order valence-corrected chi connectivity index (χ2v) is 21.8. The number of ether oxygens (including phenoxy) is 3. The average molecular weight is 1040 g/mol. The summed E-state index contributed by atoms with van der Waals surface area (Å²) in [4.78, 5) is 26.5. The first-order valence-electron chi connectivity index (χ1n) is 31.1. The van der Waals surface area contributed by atoms with E-state index in [0.717, 1.165) is 57.8 Å². The minimum atomic E-state index is -1.61. The van der Waals surface area contributed by atoms with Crippen LogP contribution in [0, 0.1) is 0 Å². The lowest BCUT2D eigenvalue weighted by molar-refractivity contribution is -0.305. The number of unbranched alkanes of at least 4 members (excludes halogenated alkanes) is 37. The van der Waals surface area contributed by atoms with E-state index in [1.54, 1.807) is 6.08 Å². The highest BCUT2D eigenvalue weighted by Gasteiger charge is 2.47. The molecule has 11 nitrogen and oxygen atoms in total. The minimum Gasteiger partial charge on any atom is -0.454 e. The van der Waals surface area contributed by atoms with Crippen molar-refractivity contribution in [2.45, 2.75) is 346 Å². The van der Waals surface area contributed by atoms with E-state index in [1.165, 1.54) is 193 Å². The Morgan fingerprint density at radius 2 is 0.904 bits per heavy atom. The van der Waals surface area contributed by atoms with Gasteiger partial charge in [0, 0.05) is 6.42 Å². The third-order valence-electron chi connectivity index (χ3n) is 14.9. The van der Waals surface area contributed by atoms with Crippen LogP contribution in [0.2, 0.25) is 0 Å². The Labute approximate surface area is 448 Å². The van der Waals surface area contributed by atoms with E-state index in [9.17, 15) is 35.1 Å². The summed E-state index contributed by atoms with van der Waals surface area (Å²) < 4.78 is 17.6. The van der Waals surface area contributed by atoms with Crippen molar-refractivity contribution in [1.29, 1.82) is 0 Å². The van der Waals surface area contributed by atoms with E-state index >= 15 is 0 Å². The Balaban J connectivity index is 2.57. The van der Waals surface area contributed by atoms with Crippen LogP contribution in [0.25, 0.3) is 0 Å². The molecule has 0 aromatic rings. The van der Waals surface area contributed by atoms with Gasteiger partial charge in [0.2, 0.25) is 5.91 Å². The molecule has 1 saturated heterocycles. The van der Waals surface area contributed by atoms with E-state index in [1.807, 2.05) is 6.08 Å². The molecule has 0 radical (unpaired) electrons. The molecule has 8 atom stereocenters. The fourth-order valence-electron chi connectivity index (χ4n) is 9.88. The molecule has 1 fully saturated rings. The first kappa shape index (κ1) is 69.2. The van der Waals surface area contributed by atoms with E-state index in [-0.39, 0.29) is 13.0 Å². The van der Waals surface area contributed by atoms with Crippen molar-refractivity contribution >= 4 is 11.9 Å². The number of allylic oxidation sites excluding steroid dienone is 3. The zero-order chi connectivity index (χ0) is 53.3. The fourth-order valence-corrected chi connectivity index (χ4v) is 9.88. The zero-order valence-corrected chi connectivity index (χ0v) is 47.5. The van der Waals surface area contributed by atoms with Crippen LogP contribution >= 0.6 is 0 Å². The predicted octanol–water partition coefficient (Wildman–Crippen LogP) is 14.5. The predicted molar refractivity (Wildman–Crippen MR) is 301 cm³/mol. The Morgan fingerprint density at radius 1 is 0.521 bits per heavy atom. The van der Waals surface area contributed by atoms with Gasteiger partial charge in [0.05, 0.1) is 25.4 Å². The molecule has 6 N–H and O–H groups in total. The summed E-state index contributed by atoms with van der Waals surface area (Å²) in [6.07, 6.45) is 48.1. The van der Waals surface area contributed by atoms with E-state index in [0.29, 0.717) is 19.3 Å². The molecule has 73 heavy (non-hydrogen) atoms. The molecule has 1 heterocycles. The lowest BCUT2D eigenvalue weighted by Gasteiger charge is -2.41. The first-order valence-corrected chi connectivity index (χ1v) is 31.1. The van der Waals surface area contributed by atoms with Crippen molar-refractivity contribution in [3.8, 4) is 0 Å². The van der Waals surface area contributed by atoms with Crippen LogP contribution in [-0.2, 0) is 23.8 Å². The molecule has 1 amide bonds. The molecular weight excluding hydrogens is 919 g/mol. The highest BCUT2D eigenvalue weighted by molar-refractivity contribution is 5.80. The highest BCUT2D eigenvalue weighted by Crippen LogP contribution is 2.26. The molecule has 0 aromatic carbocycles. The first-order chi connectivity index (χ1) is 35.7. The Morgan fingerprint density at radius 3 is 1.33 bits per heavy atom. The van der Waals surface area contributed by atoms with Crippen molar-refractivity contribution in [1.82, 2.24) is 5.32 Å². The van der Waals surface area contributed by atoms with Crippen LogP contribution in [0.15, 0.2) is 24.3 Å². The van der Waals surface area contributed by atoms with E-state index in [2.05, 4.69) is 38.2 Å². The maximum atomic E-state index is 13.3. The lowest BCUT2D eigenvalue weighted by atomic mass is 9.99. The number of nitrogens with one attached hydrogen (secondary N) is 1. The maximum absolute atomic E-state index is 13.3. The summed E-state index contributed by atoms with van der Waals surface area (Å²) in [6.45, 7) is 5.78. The van der Waals surface area contributed by atoms with Gasteiger partial charge in [-0.1, -0.05) is 263 Å². The molecule has 0 saturated carbocycles. The standard InChI is InChI=1S/C62H117NO10/c1-4-7-10-13-16-19-22-23-24-25-26-27-28-29-30-31-32-33-35-38-41-44-47-50-57(67)73-60-59(69)58(68)56(51-64)72-62(60)71-52-53(54(65)48-45-42-39-37-34-20-17-14-11-8-5-2)63-61(70)55(66)49-46-43-40-36-21-18-15-12-9-6-3/h23-24,45,48,53-56,58-60,62,64-66,68-69H,4-22,25-44,46-47,49-52H2,1-3H3,(H,63,70)/b24-23+,48-45+. The number of hydrogen-bond acceptors (Lipinski definition) is 10. The van der Waals surface area contributed by atoms with Gasteiger partial charge in [-0.15, -0.1) is 0 Å². The molecule has 8 unspecified atom stereocenters. The number of carbonyl (C=O) groups is 2. The third kappa shape index (κ3) is 39.2. The fraction of sp³-hybridized carbons (Fsp3) is 0.903. The van der Waals surface area contributed by atoms with Crippen molar-refractivity contribution in [2.75, 3.05) is 13.2 Å². The number of aliphatic hydroxyl groups excluding tert-OH is 5. The molecule has 1 aliphatic heterocycles. The van der Waals surface area contributed by atoms with Gasteiger partial charge in [0.25, 0.3) is 0 Å². The molecule has 0 aromatic heterocycles. The topological polar surface area (TPSA) is 175 Å². The summed E-state index contributed by atoms with van der Waals surface area (Å²) in [5.74, 6) is -1.18. The van der Waals surface area contributed by atoms with Gasteiger partial charge in [0.1, 0.15) is 24.4 Å². The summed E-state index contributed by atoms with van der Waals surface area (Å²) in [6, 6.07) is -1.02. The molecule has 430 valence electrons. The monoisotopic (exact) mass is 1040 g/mol. The number of aliphatic hydroxyl groups is 5. The van der Waals surface area contributed by atoms with Crippen molar-refractivity contribution in [2.24, 2.45) is 0 Å². The molecule has 1 rings (SSSR count). The highest BCUT2D eigenvalue weighted by atomic mass is 16.7. The molecule has 0 bridgehead atoms. The summed E-state index contributed by atoms with van der Waals surface area (Å²) in [5.41, 5.74) is 0. The van der Waals surface area contributed by atoms with Gasteiger partial charge in [-0.25, -0.2) is 0 Å². The number of carbonyl (C=O) groups excluding carboxylic acids is 2. The molecule has 0 spiro atoms. The van der Waals surface area contributed by atoms with Crippen LogP contribution < -0.4 is 5.32 Å². The molecular formula is C62H117NO10. The van der Waals surface area contributed by atoms with Crippen LogP contribution in [0.5, 0.6) is 0 Å². The van der Waals surface area contributed by atoms with E-state index < -0.39 is 67.4 Å². The van der Waals surface area contributed by atoms with Gasteiger partial charge >= 0.3 is 5.97 Å². The number of esters is 1. The Kier molecular flexibility index (Phi) is 48.2.